The van der Waals surface area contributed by atoms with Gasteiger partial charge >= 0.3 is 5.97 Å². The number of ether oxygens (including phenoxy) is 1. The second-order valence-electron chi connectivity index (χ2n) is 9.80. The predicted molar refractivity (Wildman–Crippen MR) is 126 cm³/mol. The van der Waals surface area contributed by atoms with E-state index in [-0.39, 0.29) is 48.3 Å². The summed E-state index contributed by atoms with van der Waals surface area (Å²) in [6.07, 6.45) is 2.49. The zero-order valence-electron chi connectivity index (χ0n) is 19.4. The van der Waals surface area contributed by atoms with Gasteiger partial charge in [-0.2, -0.15) is 0 Å². The Morgan fingerprint density at radius 1 is 0.941 bits per heavy atom. The number of hydrogen-bond acceptors (Lipinski definition) is 5. The smallest absolute Gasteiger partial charge is 0.316 e. The Balaban J connectivity index is 1.28. The molecule has 1 saturated carbocycles. The van der Waals surface area contributed by atoms with Crippen molar-refractivity contribution in [2.45, 2.75) is 39.5 Å². The highest BCUT2D eigenvalue weighted by Gasteiger charge is 2.50. The summed E-state index contributed by atoms with van der Waals surface area (Å²) in [5.41, 5.74) is 2.27. The van der Waals surface area contributed by atoms with E-state index in [1.165, 1.54) is 4.90 Å². The maximum Gasteiger partial charge on any atom is 0.316 e. The first-order valence-electron chi connectivity index (χ1n) is 11.9. The highest BCUT2D eigenvalue weighted by Crippen LogP contribution is 2.42. The molecule has 2 heterocycles. The lowest BCUT2D eigenvalue weighted by atomic mass is 9.76. The van der Waals surface area contributed by atoms with Gasteiger partial charge in [0.25, 0.3) is 0 Å². The van der Waals surface area contributed by atoms with Gasteiger partial charge in [0.2, 0.25) is 17.7 Å². The number of imide groups is 1. The normalized spacial score (nSPS) is 26.7. The Hall–Kier alpha value is -3.48. The van der Waals surface area contributed by atoms with Crippen LogP contribution in [0.3, 0.4) is 0 Å². The Morgan fingerprint density at radius 2 is 1.68 bits per heavy atom. The summed E-state index contributed by atoms with van der Waals surface area (Å²) in [7, 11) is 0. The number of aryl methyl sites for hydroxylation is 1. The molecule has 5 rings (SSSR count). The number of rotatable bonds is 4. The van der Waals surface area contributed by atoms with Crippen molar-refractivity contribution in [2.24, 2.45) is 23.7 Å². The molecule has 3 amide bonds. The van der Waals surface area contributed by atoms with Crippen molar-refractivity contribution >= 4 is 35.1 Å². The lowest BCUT2D eigenvalue weighted by Crippen LogP contribution is -2.31. The molecule has 2 aliphatic heterocycles. The fourth-order valence-corrected chi connectivity index (χ4v) is 5.37. The number of anilines is 2. The van der Waals surface area contributed by atoms with Crippen LogP contribution in [0.4, 0.5) is 11.4 Å². The number of carbonyl (C=O) groups excluding carboxylic acids is 4. The van der Waals surface area contributed by atoms with Crippen molar-refractivity contribution in [2.75, 3.05) is 16.3 Å². The van der Waals surface area contributed by atoms with Crippen LogP contribution in [0.5, 0.6) is 5.75 Å². The molecule has 2 aromatic rings. The monoisotopic (exact) mass is 460 g/mol. The van der Waals surface area contributed by atoms with Crippen LogP contribution >= 0.6 is 0 Å². The van der Waals surface area contributed by atoms with Gasteiger partial charge in [-0.15, -0.1) is 0 Å². The SMILES string of the molecule is Cc1ccc(N2C[C@@H](C(=O)Oc3cccc(N4C(=O)[C@H]5C[C@@H](C)CC[C@H]5C4=O)c3)CC2=O)cc1. The van der Waals surface area contributed by atoms with Crippen molar-refractivity contribution in [3.05, 3.63) is 54.1 Å². The number of nitrogens with zero attached hydrogens (tertiary/aromatic N) is 2. The van der Waals surface area contributed by atoms with Crippen LogP contribution in [0.1, 0.15) is 38.2 Å². The summed E-state index contributed by atoms with van der Waals surface area (Å²) in [5.74, 6) is -1.37. The third-order valence-electron chi connectivity index (χ3n) is 7.29. The van der Waals surface area contributed by atoms with E-state index in [1.807, 2.05) is 31.2 Å². The van der Waals surface area contributed by atoms with Crippen LogP contribution in [0.2, 0.25) is 0 Å². The maximum absolute atomic E-state index is 13.0. The molecular weight excluding hydrogens is 432 g/mol. The van der Waals surface area contributed by atoms with Gasteiger partial charge in [0.1, 0.15) is 5.75 Å². The Bertz CT molecular complexity index is 1160. The molecule has 0 aromatic heterocycles. The van der Waals surface area contributed by atoms with Gasteiger partial charge < -0.3 is 9.64 Å². The first kappa shape index (κ1) is 22.3. The van der Waals surface area contributed by atoms with E-state index in [0.29, 0.717) is 11.6 Å². The second kappa shape index (κ2) is 8.70. The molecule has 0 bridgehead atoms. The van der Waals surface area contributed by atoms with Crippen molar-refractivity contribution < 1.29 is 23.9 Å². The third-order valence-corrected chi connectivity index (χ3v) is 7.29. The molecule has 0 radical (unpaired) electrons. The maximum atomic E-state index is 13.0. The average Bonchev–Trinajstić information content (AvgIpc) is 3.32. The molecule has 2 saturated heterocycles. The van der Waals surface area contributed by atoms with Crippen LogP contribution in [0, 0.1) is 30.6 Å². The number of benzene rings is 2. The van der Waals surface area contributed by atoms with Gasteiger partial charge in [-0.1, -0.05) is 30.7 Å². The lowest BCUT2D eigenvalue weighted by Gasteiger charge is -2.25. The fourth-order valence-electron chi connectivity index (χ4n) is 5.37. The molecule has 3 fully saturated rings. The minimum Gasteiger partial charge on any atom is -0.426 e. The third kappa shape index (κ3) is 4.00. The van der Waals surface area contributed by atoms with Gasteiger partial charge in [-0.05, 0) is 56.4 Å². The first-order chi connectivity index (χ1) is 16.3. The number of esters is 1. The van der Waals surface area contributed by atoms with E-state index < -0.39 is 11.9 Å². The van der Waals surface area contributed by atoms with Gasteiger partial charge in [0, 0.05) is 24.7 Å². The first-order valence-corrected chi connectivity index (χ1v) is 11.9. The van der Waals surface area contributed by atoms with Crippen LogP contribution in [-0.2, 0) is 19.2 Å². The molecule has 3 aliphatic rings. The Labute approximate surface area is 198 Å². The Morgan fingerprint density at radius 3 is 2.44 bits per heavy atom. The molecule has 1 aliphatic carbocycles. The van der Waals surface area contributed by atoms with Crippen LogP contribution in [0.25, 0.3) is 0 Å². The molecule has 7 nitrogen and oxygen atoms in total. The standard InChI is InChI=1S/C27H28N2O5/c1-16-6-9-19(10-7-16)28-15-18(13-24(28)30)27(33)34-21-5-3-4-20(14-21)29-25(31)22-11-8-17(2)12-23(22)26(29)32/h3-7,9-10,14,17-18,22-23H,8,11-13,15H2,1-2H3/t17-,18-,22+,23-/m0/s1. The molecular formula is C27H28N2O5. The van der Waals surface area contributed by atoms with E-state index in [1.54, 1.807) is 29.2 Å². The molecule has 0 unspecified atom stereocenters. The Kier molecular flexibility index (Phi) is 5.71. The number of carbonyl (C=O) groups is 4. The van der Waals surface area contributed by atoms with Crippen molar-refractivity contribution in [1.29, 1.82) is 0 Å². The zero-order chi connectivity index (χ0) is 24.0. The summed E-state index contributed by atoms with van der Waals surface area (Å²) < 4.78 is 5.59. The fraction of sp³-hybridized carbons (Fsp3) is 0.407. The van der Waals surface area contributed by atoms with Gasteiger partial charge in [-0.25, -0.2) is 4.90 Å². The molecule has 0 N–H and O–H groups in total. The number of hydrogen-bond donors (Lipinski definition) is 0. The average molecular weight is 461 g/mol. The largest absolute Gasteiger partial charge is 0.426 e. The zero-order valence-corrected chi connectivity index (χ0v) is 19.4. The van der Waals surface area contributed by atoms with Crippen molar-refractivity contribution in [3.63, 3.8) is 0 Å². The van der Waals surface area contributed by atoms with E-state index in [9.17, 15) is 19.2 Å². The molecule has 2 aromatic carbocycles. The second-order valence-corrected chi connectivity index (χ2v) is 9.80. The lowest BCUT2D eigenvalue weighted by molar-refractivity contribution is -0.139. The van der Waals surface area contributed by atoms with Gasteiger partial charge in [0.15, 0.2) is 0 Å². The van der Waals surface area contributed by atoms with Gasteiger partial charge in [0.05, 0.1) is 23.4 Å². The van der Waals surface area contributed by atoms with E-state index in [4.69, 9.17) is 4.74 Å². The van der Waals surface area contributed by atoms with E-state index in [0.717, 1.165) is 30.5 Å². The van der Waals surface area contributed by atoms with E-state index >= 15 is 0 Å². The summed E-state index contributed by atoms with van der Waals surface area (Å²) in [6.45, 7) is 4.34. The van der Waals surface area contributed by atoms with Crippen LogP contribution in [0.15, 0.2) is 48.5 Å². The summed E-state index contributed by atoms with van der Waals surface area (Å²) in [5, 5.41) is 0. The van der Waals surface area contributed by atoms with Crippen molar-refractivity contribution in [3.8, 4) is 5.75 Å². The highest BCUT2D eigenvalue weighted by molar-refractivity contribution is 6.22. The summed E-state index contributed by atoms with van der Waals surface area (Å²) in [6, 6.07) is 14.1. The quantitative estimate of drug-likeness (QED) is 0.393. The molecule has 4 atom stereocenters. The highest BCUT2D eigenvalue weighted by atomic mass is 16.5. The minimum absolute atomic E-state index is 0.0804. The topological polar surface area (TPSA) is 84.0 Å². The van der Waals surface area contributed by atoms with Gasteiger partial charge in [-0.3, -0.25) is 19.2 Å². The van der Waals surface area contributed by atoms with Crippen molar-refractivity contribution in [1.82, 2.24) is 0 Å². The number of fused-ring (bicyclic) bond motifs is 1. The van der Waals surface area contributed by atoms with Crippen LogP contribution < -0.4 is 14.5 Å². The minimum atomic E-state index is -0.586. The molecule has 34 heavy (non-hydrogen) atoms. The number of amides is 3. The predicted octanol–water partition coefficient (Wildman–Crippen LogP) is 3.88. The summed E-state index contributed by atoms with van der Waals surface area (Å²) >= 11 is 0. The molecule has 7 heteroatoms. The molecule has 0 spiro atoms. The van der Waals surface area contributed by atoms with E-state index in [2.05, 4.69) is 6.92 Å². The molecule has 176 valence electrons. The van der Waals surface area contributed by atoms with Crippen LogP contribution in [-0.4, -0.2) is 30.2 Å². The summed E-state index contributed by atoms with van der Waals surface area (Å²) in [4.78, 5) is 54.2.